The molecule has 1 aliphatic heterocycles. The lowest BCUT2D eigenvalue weighted by atomic mass is 9.84. The number of fused-ring (bicyclic) bond motifs is 2. The van der Waals surface area contributed by atoms with Crippen LogP contribution in [0, 0.1) is 0 Å². The Morgan fingerprint density at radius 1 is 1.11 bits per heavy atom. The molecule has 0 radical (unpaired) electrons. The second-order valence-corrected chi connectivity index (χ2v) is 12.6. The van der Waals surface area contributed by atoms with Crippen LogP contribution in [0.3, 0.4) is 0 Å². The molecule has 9 nitrogen and oxygen atoms in total. The Hall–Kier alpha value is -3.53. The fraction of sp³-hybridized carbons (Fsp3) is 0.429. The highest BCUT2D eigenvalue weighted by Crippen LogP contribution is 2.51. The van der Waals surface area contributed by atoms with Gasteiger partial charge in [-0.05, 0) is 55.5 Å². The highest BCUT2D eigenvalue weighted by Gasteiger charge is 2.48. The van der Waals surface area contributed by atoms with Gasteiger partial charge in [-0.2, -0.15) is 0 Å². The lowest BCUT2D eigenvalue weighted by molar-refractivity contribution is 0.245. The molecule has 1 N–H and O–H groups in total. The van der Waals surface area contributed by atoms with Crippen molar-refractivity contribution in [1.29, 1.82) is 0 Å². The Kier molecular flexibility index (Phi) is 6.09. The Labute approximate surface area is 222 Å². The minimum absolute atomic E-state index is 0.164. The average molecular weight is 534 g/mol. The van der Waals surface area contributed by atoms with Gasteiger partial charge in [0.05, 0.1) is 40.3 Å². The number of nitrogens with zero attached hydrogens (tertiary/aromatic N) is 4. The fourth-order valence-electron chi connectivity index (χ4n) is 5.86. The van der Waals surface area contributed by atoms with Gasteiger partial charge in [0.2, 0.25) is 5.88 Å². The molecule has 2 aromatic heterocycles. The monoisotopic (exact) mass is 533 g/mol. The van der Waals surface area contributed by atoms with Crippen LogP contribution in [0.2, 0.25) is 0 Å². The zero-order valence-electron chi connectivity index (χ0n) is 21.6. The Morgan fingerprint density at radius 2 is 1.84 bits per heavy atom. The van der Waals surface area contributed by atoms with Crippen LogP contribution in [0.4, 0.5) is 10.5 Å². The number of anilines is 1. The van der Waals surface area contributed by atoms with Crippen molar-refractivity contribution >= 4 is 21.6 Å². The predicted molar refractivity (Wildman–Crippen MR) is 143 cm³/mol. The second-order valence-electron chi connectivity index (χ2n) is 10.6. The molecular formula is C28H31N5O4S. The Morgan fingerprint density at radius 3 is 2.50 bits per heavy atom. The van der Waals surface area contributed by atoms with Crippen molar-refractivity contribution in [2.24, 2.45) is 0 Å². The van der Waals surface area contributed by atoms with Crippen LogP contribution in [0.5, 0.6) is 5.88 Å². The van der Waals surface area contributed by atoms with Crippen molar-refractivity contribution < 1.29 is 17.9 Å². The van der Waals surface area contributed by atoms with Crippen LogP contribution >= 0.6 is 0 Å². The number of nitrogens with one attached hydrogen (secondary N) is 1. The van der Waals surface area contributed by atoms with E-state index in [1.165, 1.54) is 6.26 Å². The largest absolute Gasteiger partial charge is 0.480 e. The van der Waals surface area contributed by atoms with Gasteiger partial charge in [0.1, 0.15) is 6.33 Å². The van der Waals surface area contributed by atoms with Gasteiger partial charge in [-0.3, -0.25) is 4.90 Å². The molecule has 2 saturated carbocycles. The maximum absolute atomic E-state index is 13.4. The summed E-state index contributed by atoms with van der Waals surface area (Å²) in [5.41, 5.74) is 5.11. The van der Waals surface area contributed by atoms with E-state index in [1.807, 2.05) is 17.0 Å². The molecule has 2 fully saturated rings. The number of carbonyl (C=O) groups excluding carboxylic acids is 1. The van der Waals surface area contributed by atoms with Crippen LogP contribution in [0.25, 0.3) is 11.3 Å². The van der Waals surface area contributed by atoms with Crippen molar-refractivity contribution in [3.05, 3.63) is 59.7 Å². The summed E-state index contributed by atoms with van der Waals surface area (Å²) in [5, 5.41) is 3.01. The minimum atomic E-state index is -3.26. The number of pyridine rings is 1. The third-order valence-corrected chi connectivity index (χ3v) is 9.11. The minimum Gasteiger partial charge on any atom is -0.480 e. The number of amides is 2. The van der Waals surface area contributed by atoms with Crippen LogP contribution in [0.15, 0.2) is 47.6 Å². The quantitative estimate of drug-likeness (QED) is 0.500. The van der Waals surface area contributed by atoms with E-state index in [0.29, 0.717) is 24.9 Å². The standard InChI is InChI=1S/C28H31N5O4S/c1-37-26-23(24(19-7-8-19)30-17-31-26)21-11-12-22-25(32-21)28(13-3-4-14-28)16-33(22)27(34)29-15-18-5-9-20(10-6-18)38(2,35)36/h5-6,9-12,17,19H,3-4,7-8,13-16H2,1-2H3,(H,29,34). The summed E-state index contributed by atoms with van der Waals surface area (Å²) in [5.74, 6) is 0.940. The second kappa shape index (κ2) is 9.34. The van der Waals surface area contributed by atoms with Crippen LogP contribution in [-0.2, 0) is 21.8 Å². The Balaban J connectivity index is 1.29. The van der Waals surface area contributed by atoms with Crippen molar-refractivity contribution in [3.63, 3.8) is 0 Å². The third-order valence-electron chi connectivity index (χ3n) is 7.98. The van der Waals surface area contributed by atoms with E-state index in [-0.39, 0.29) is 16.3 Å². The van der Waals surface area contributed by atoms with Crippen molar-refractivity contribution in [2.45, 2.75) is 61.3 Å². The van der Waals surface area contributed by atoms with Crippen LogP contribution in [0.1, 0.15) is 61.4 Å². The maximum atomic E-state index is 13.4. The summed E-state index contributed by atoms with van der Waals surface area (Å²) in [7, 11) is -1.64. The van der Waals surface area contributed by atoms with E-state index >= 15 is 0 Å². The number of methoxy groups -OCH3 is 1. The van der Waals surface area contributed by atoms with E-state index in [2.05, 4.69) is 15.3 Å². The number of urea groups is 1. The molecule has 2 aliphatic carbocycles. The lowest BCUT2D eigenvalue weighted by Crippen LogP contribution is -2.41. The molecule has 2 amide bonds. The van der Waals surface area contributed by atoms with Crippen molar-refractivity contribution in [3.8, 4) is 17.1 Å². The first-order chi connectivity index (χ1) is 18.3. The first-order valence-corrected chi connectivity index (χ1v) is 14.9. The van der Waals surface area contributed by atoms with Crippen molar-refractivity contribution in [2.75, 3.05) is 24.8 Å². The van der Waals surface area contributed by atoms with Gasteiger partial charge in [0, 0.05) is 30.7 Å². The van der Waals surface area contributed by atoms with Gasteiger partial charge in [0.25, 0.3) is 0 Å². The smallest absolute Gasteiger partial charge is 0.322 e. The molecule has 3 aliphatic rings. The molecule has 1 aromatic carbocycles. The van der Waals surface area contributed by atoms with E-state index in [9.17, 15) is 13.2 Å². The summed E-state index contributed by atoms with van der Waals surface area (Å²) in [6, 6.07) is 10.4. The van der Waals surface area contributed by atoms with E-state index in [1.54, 1.807) is 37.7 Å². The molecule has 0 unspecified atom stereocenters. The Bertz CT molecular complexity index is 1500. The molecule has 3 heterocycles. The molecule has 0 atom stereocenters. The van der Waals surface area contributed by atoms with Gasteiger partial charge in [-0.15, -0.1) is 0 Å². The van der Waals surface area contributed by atoms with Crippen LogP contribution < -0.4 is 15.0 Å². The molecule has 0 bridgehead atoms. The average Bonchev–Trinajstić information content (AvgIpc) is 3.58. The highest BCUT2D eigenvalue weighted by atomic mass is 32.2. The maximum Gasteiger partial charge on any atom is 0.322 e. The SMILES string of the molecule is COc1ncnc(C2CC2)c1-c1ccc2c(n1)C1(CCCC1)CN2C(=O)NCc1ccc(S(C)(=O)=O)cc1. The number of sulfone groups is 1. The molecule has 6 rings (SSSR count). The number of aromatic nitrogens is 3. The van der Waals surface area contributed by atoms with Gasteiger partial charge < -0.3 is 10.1 Å². The zero-order chi connectivity index (χ0) is 26.5. The van der Waals surface area contributed by atoms with Crippen molar-refractivity contribution in [1.82, 2.24) is 20.3 Å². The molecule has 3 aromatic rings. The molecule has 1 spiro atoms. The topological polar surface area (TPSA) is 114 Å². The van der Waals surface area contributed by atoms with Gasteiger partial charge in [0.15, 0.2) is 9.84 Å². The molecule has 38 heavy (non-hydrogen) atoms. The van der Waals surface area contributed by atoms with Gasteiger partial charge >= 0.3 is 6.03 Å². The first kappa shape index (κ1) is 24.8. The molecular weight excluding hydrogens is 502 g/mol. The zero-order valence-corrected chi connectivity index (χ0v) is 22.4. The first-order valence-electron chi connectivity index (χ1n) is 13.0. The van der Waals surface area contributed by atoms with E-state index < -0.39 is 9.84 Å². The number of rotatable bonds is 6. The summed E-state index contributed by atoms with van der Waals surface area (Å²) in [6.07, 6.45) is 9.15. The normalized spacial score (nSPS) is 18.0. The molecule has 10 heteroatoms. The molecule has 198 valence electrons. The number of hydrogen-bond donors (Lipinski definition) is 1. The summed E-state index contributed by atoms with van der Waals surface area (Å²) in [6.45, 7) is 0.895. The van der Waals surface area contributed by atoms with E-state index in [0.717, 1.165) is 72.4 Å². The summed E-state index contributed by atoms with van der Waals surface area (Å²) >= 11 is 0. The number of hydrogen-bond acceptors (Lipinski definition) is 7. The molecule has 0 saturated heterocycles. The highest BCUT2D eigenvalue weighted by molar-refractivity contribution is 7.90. The van der Waals surface area contributed by atoms with Gasteiger partial charge in [-0.1, -0.05) is 25.0 Å². The number of benzene rings is 1. The third kappa shape index (κ3) is 4.40. The predicted octanol–water partition coefficient (Wildman–Crippen LogP) is 4.37. The number of ether oxygens (including phenoxy) is 1. The fourth-order valence-corrected chi connectivity index (χ4v) is 6.49. The summed E-state index contributed by atoms with van der Waals surface area (Å²) < 4.78 is 29.1. The van der Waals surface area contributed by atoms with Gasteiger partial charge in [-0.25, -0.2) is 28.2 Å². The summed E-state index contributed by atoms with van der Waals surface area (Å²) in [4.78, 5) is 29.6. The lowest BCUT2D eigenvalue weighted by Gasteiger charge is -2.24. The van der Waals surface area contributed by atoms with Crippen LogP contribution in [-0.4, -0.2) is 49.3 Å². The van der Waals surface area contributed by atoms with E-state index in [4.69, 9.17) is 9.72 Å². The number of carbonyl (C=O) groups is 1.